The quantitative estimate of drug-likeness (QED) is 0.134. The fourth-order valence-electron chi connectivity index (χ4n) is 4.53. The van der Waals surface area contributed by atoms with Crippen molar-refractivity contribution >= 4 is 5.97 Å². The minimum absolute atomic E-state index is 0.112. The van der Waals surface area contributed by atoms with E-state index in [0.29, 0.717) is 31.1 Å². The molecule has 0 bridgehead atoms. The maximum absolute atomic E-state index is 12.0. The molecule has 0 amide bonds. The van der Waals surface area contributed by atoms with Crippen LogP contribution in [-0.4, -0.2) is 17.7 Å². The average Bonchev–Trinajstić information content (AvgIpc) is 2.84. The van der Waals surface area contributed by atoms with E-state index in [1.165, 1.54) is 89.9 Å². The predicted octanol–water partition coefficient (Wildman–Crippen LogP) is 9.64. The molecule has 1 unspecified atom stereocenters. The number of unbranched alkanes of at least 4 members (excludes halogenated alkanes) is 15. The lowest BCUT2D eigenvalue weighted by atomic mass is 9.94. The topological polar surface area (TPSA) is 46.5 Å². The standard InChI is InChI=1S/C31H54O3/c1-4-6-7-8-9-10-11-12-13-14-15-16-17-18-19-20-25-34-31(33)24-22-28-21-23-30(32)29(26-28)27(3)5-2/h21,23,26-27,32H,4-20,22,24-25H2,1-3H3. The van der Waals surface area contributed by atoms with Gasteiger partial charge in [0, 0.05) is 6.42 Å². The van der Waals surface area contributed by atoms with Gasteiger partial charge in [-0.1, -0.05) is 129 Å². The molecule has 1 rings (SSSR count). The molecule has 1 aromatic rings. The first kappa shape index (κ1) is 30.5. The van der Waals surface area contributed by atoms with E-state index in [9.17, 15) is 9.90 Å². The van der Waals surface area contributed by atoms with Crippen LogP contribution >= 0.6 is 0 Å². The van der Waals surface area contributed by atoms with Crippen LogP contribution in [0.5, 0.6) is 5.75 Å². The third-order valence-electron chi connectivity index (χ3n) is 7.11. The molecule has 0 aliphatic carbocycles. The molecule has 0 aliphatic rings. The van der Waals surface area contributed by atoms with Crippen LogP contribution in [-0.2, 0) is 16.0 Å². The fraction of sp³-hybridized carbons (Fsp3) is 0.774. The van der Waals surface area contributed by atoms with Gasteiger partial charge in [-0.25, -0.2) is 0 Å². The zero-order valence-electron chi connectivity index (χ0n) is 22.7. The van der Waals surface area contributed by atoms with Gasteiger partial charge in [0.2, 0.25) is 0 Å². The van der Waals surface area contributed by atoms with E-state index in [4.69, 9.17) is 4.74 Å². The van der Waals surface area contributed by atoms with Crippen LogP contribution in [0.15, 0.2) is 18.2 Å². The summed E-state index contributed by atoms with van der Waals surface area (Å²) in [5.74, 6) is 0.560. The number of benzene rings is 1. The highest BCUT2D eigenvalue weighted by Gasteiger charge is 2.11. The van der Waals surface area contributed by atoms with Gasteiger partial charge in [-0.05, 0) is 42.4 Å². The van der Waals surface area contributed by atoms with Gasteiger partial charge >= 0.3 is 5.97 Å². The van der Waals surface area contributed by atoms with Gasteiger partial charge in [0.25, 0.3) is 0 Å². The zero-order chi connectivity index (χ0) is 24.9. The minimum Gasteiger partial charge on any atom is -0.508 e. The van der Waals surface area contributed by atoms with E-state index >= 15 is 0 Å². The number of hydrogen-bond donors (Lipinski definition) is 1. The van der Waals surface area contributed by atoms with E-state index in [1.54, 1.807) is 6.07 Å². The van der Waals surface area contributed by atoms with Gasteiger partial charge in [0.15, 0.2) is 0 Å². The summed E-state index contributed by atoms with van der Waals surface area (Å²) in [6, 6.07) is 5.69. The maximum atomic E-state index is 12.0. The number of rotatable bonds is 22. The van der Waals surface area contributed by atoms with Crippen LogP contribution in [0.4, 0.5) is 0 Å². The molecule has 0 saturated heterocycles. The summed E-state index contributed by atoms with van der Waals surface area (Å²) < 4.78 is 5.42. The van der Waals surface area contributed by atoms with Crippen molar-refractivity contribution in [1.82, 2.24) is 0 Å². The number of aryl methyl sites for hydroxylation is 1. The summed E-state index contributed by atoms with van der Waals surface area (Å²) in [7, 11) is 0. The van der Waals surface area contributed by atoms with E-state index in [-0.39, 0.29) is 5.97 Å². The van der Waals surface area contributed by atoms with Crippen LogP contribution in [0, 0.1) is 0 Å². The molecule has 0 aliphatic heterocycles. The van der Waals surface area contributed by atoms with Gasteiger partial charge in [-0.15, -0.1) is 0 Å². The molecule has 3 nitrogen and oxygen atoms in total. The first-order valence-corrected chi connectivity index (χ1v) is 14.6. The molecule has 0 fully saturated rings. The van der Waals surface area contributed by atoms with Crippen molar-refractivity contribution in [1.29, 1.82) is 0 Å². The Bertz CT molecular complexity index is 625. The number of phenolic OH excluding ortho intramolecular Hbond substituents is 1. The Morgan fingerprint density at radius 3 is 1.79 bits per heavy atom. The maximum Gasteiger partial charge on any atom is 0.306 e. The summed E-state index contributed by atoms with van der Waals surface area (Å²) in [6.07, 6.45) is 23.6. The summed E-state index contributed by atoms with van der Waals surface area (Å²) in [5, 5.41) is 10.0. The molecule has 0 aromatic heterocycles. The summed E-state index contributed by atoms with van der Waals surface area (Å²) in [6.45, 7) is 7.06. The van der Waals surface area contributed by atoms with Gasteiger partial charge in [-0.3, -0.25) is 4.79 Å². The van der Waals surface area contributed by atoms with E-state index in [0.717, 1.165) is 30.4 Å². The highest BCUT2D eigenvalue weighted by Crippen LogP contribution is 2.29. The average molecular weight is 475 g/mol. The second-order valence-corrected chi connectivity index (χ2v) is 10.2. The normalized spacial score (nSPS) is 12.1. The number of phenols is 1. The van der Waals surface area contributed by atoms with Crippen molar-refractivity contribution in [3.63, 3.8) is 0 Å². The van der Waals surface area contributed by atoms with Crippen LogP contribution in [0.25, 0.3) is 0 Å². The Kier molecular flexibility index (Phi) is 18.7. The monoisotopic (exact) mass is 474 g/mol. The number of esters is 1. The number of hydrogen-bond acceptors (Lipinski definition) is 3. The van der Waals surface area contributed by atoms with Gasteiger partial charge in [0.1, 0.15) is 5.75 Å². The fourth-order valence-corrected chi connectivity index (χ4v) is 4.53. The Morgan fingerprint density at radius 2 is 1.29 bits per heavy atom. The highest BCUT2D eigenvalue weighted by atomic mass is 16.5. The first-order valence-electron chi connectivity index (χ1n) is 14.6. The largest absolute Gasteiger partial charge is 0.508 e. The van der Waals surface area contributed by atoms with Crippen LogP contribution in [0.1, 0.15) is 153 Å². The Hall–Kier alpha value is -1.51. The molecular weight excluding hydrogens is 420 g/mol. The van der Waals surface area contributed by atoms with Crippen molar-refractivity contribution < 1.29 is 14.6 Å². The van der Waals surface area contributed by atoms with Crippen LogP contribution in [0.3, 0.4) is 0 Å². The lowest BCUT2D eigenvalue weighted by Gasteiger charge is -2.13. The lowest BCUT2D eigenvalue weighted by Crippen LogP contribution is -2.07. The van der Waals surface area contributed by atoms with Crippen molar-refractivity contribution in [2.24, 2.45) is 0 Å². The summed E-state index contributed by atoms with van der Waals surface area (Å²) in [5.41, 5.74) is 2.06. The van der Waals surface area contributed by atoms with Gasteiger partial charge in [-0.2, -0.15) is 0 Å². The SMILES string of the molecule is CCCCCCCCCCCCCCCCCCOC(=O)CCc1ccc(O)c(C(C)CC)c1. The molecule has 0 heterocycles. The molecule has 3 heteroatoms. The van der Waals surface area contributed by atoms with Crippen molar-refractivity contribution in [2.75, 3.05) is 6.61 Å². The molecule has 1 N–H and O–H groups in total. The third kappa shape index (κ3) is 15.4. The van der Waals surface area contributed by atoms with Crippen molar-refractivity contribution in [3.8, 4) is 5.75 Å². The second-order valence-electron chi connectivity index (χ2n) is 10.2. The number of aromatic hydroxyl groups is 1. The molecule has 1 aromatic carbocycles. The van der Waals surface area contributed by atoms with Crippen LogP contribution in [0.2, 0.25) is 0 Å². The molecular formula is C31H54O3. The van der Waals surface area contributed by atoms with Crippen molar-refractivity contribution in [3.05, 3.63) is 29.3 Å². The number of carbonyl (C=O) groups is 1. The zero-order valence-corrected chi connectivity index (χ0v) is 22.7. The summed E-state index contributed by atoms with van der Waals surface area (Å²) in [4.78, 5) is 12.0. The van der Waals surface area contributed by atoms with Gasteiger partial charge < -0.3 is 9.84 Å². The van der Waals surface area contributed by atoms with E-state index in [1.807, 2.05) is 12.1 Å². The predicted molar refractivity (Wildman–Crippen MR) is 146 cm³/mol. The number of carbonyl (C=O) groups excluding carboxylic acids is 1. The van der Waals surface area contributed by atoms with Crippen molar-refractivity contribution in [2.45, 2.75) is 149 Å². The molecule has 0 saturated carbocycles. The van der Waals surface area contributed by atoms with Gasteiger partial charge in [0.05, 0.1) is 6.61 Å². The third-order valence-corrected chi connectivity index (χ3v) is 7.11. The van der Waals surface area contributed by atoms with E-state index in [2.05, 4.69) is 20.8 Å². The molecule has 0 radical (unpaired) electrons. The molecule has 0 spiro atoms. The Labute approximate surface area is 211 Å². The van der Waals surface area contributed by atoms with E-state index < -0.39 is 0 Å². The molecule has 34 heavy (non-hydrogen) atoms. The first-order chi connectivity index (χ1) is 16.6. The smallest absolute Gasteiger partial charge is 0.306 e. The Morgan fingerprint density at radius 1 is 0.794 bits per heavy atom. The molecule has 196 valence electrons. The molecule has 1 atom stereocenters. The number of ether oxygens (including phenoxy) is 1. The summed E-state index contributed by atoms with van der Waals surface area (Å²) >= 11 is 0. The minimum atomic E-state index is -0.112. The lowest BCUT2D eigenvalue weighted by molar-refractivity contribution is -0.143. The van der Waals surface area contributed by atoms with Crippen LogP contribution < -0.4 is 0 Å². The second kappa shape index (κ2) is 20.8. The Balaban J connectivity index is 1.91. The highest BCUT2D eigenvalue weighted by molar-refractivity contribution is 5.69.